The molecule has 0 aromatic heterocycles. The second-order valence-corrected chi connectivity index (χ2v) is 4.56. The lowest BCUT2D eigenvalue weighted by Crippen LogP contribution is -2.34. The number of ether oxygens (including phenoxy) is 1. The van der Waals surface area contributed by atoms with E-state index in [0.29, 0.717) is 13.0 Å². The lowest BCUT2D eigenvalue weighted by Gasteiger charge is -2.09. The van der Waals surface area contributed by atoms with E-state index in [1.165, 1.54) is 4.90 Å². The summed E-state index contributed by atoms with van der Waals surface area (Å²) in [5.41, 5.74) is 0. The predicted octanol–water partition coefficient (Wildman–Crippen LogP) is -0.239. The molecule has 0 spiro atoms. The normalized spacial score (nSPS) is 27.5. The fourth-order valence-corrected chi connectivity index (χ4v) is 2.05. The molecule has 2 fully saturated rings. The molecular formula is C10H13BrN2O4. The summed E-state index contributed by atoms with van der Waals surface area (Å²) < 4.78 is 5.28. The second kappa shape index (κ2) is 5.14. The van der Waals surface area contributed by atoms with Gasteiger partial charge >= 0.3 is 0 Å². The molecule has 2 aliphatic heterocycles. The third kappa shape index (κ3) is 2.84. The molecule has 0 bridgehead atoms. The molecule has 0 radical (unpaired) electrons. The van der Waals surface area contributed by atoms with Crippen LogP contribution in [-0.4, -0.2) is 46.8 Å². The van der Waals surface area contributed by atoms with Gasteiger partial charge in [-0.1, -0.05) is 15.9 Å². The maximum absolute atomic E-state index is 11.4. The third-order valence-corrected chi connectivity index (χ3v) is 3.28. The highest BCUT2D eigenvalue weighted by molar-refractivity contribution is 9.09. The average molecular weight is 305 g/mol. The van der Waals surface area contributed by atoms with Gasteiger partial charge in [0.05, 0.1) is 5.33 Å². The van der Waals surface area contributed by atoms with Crippen molar-refractivity contribution in [3.63, 3.8) is 0 Å². The number of nitrogens with zero attached hydrogens (tertiary/aromatic N) is 1. The summed E-state index contributed by atoms with van der Waals surface area (Å²) in [4.78, 5) is 34.9. The van der Waals surface area contributed by atoms with Gasteiger partial charge in [-0.2, -0.15) is 0 Å². The molecule has 0 aromatic carbocycles. The van der Waals surface area contributed by atoms with E-state index in [1.807, 2.05) is 0 Å². The minimum absolute atomic E-state index is 0.0875. The van der Waals surface area contributed by atoms with Gasteiger partial charge in [0.15, 0.2) is 6.23 Å². The van der Waals surface area contributed by atoms with E-state index in [9.17, 15) is 14.4 Å². The number of amides is 3. The third-order valence-electron chi connectivity index (χ3n) is 2.77. The zero-order valence-corrected chi connectivity index (χ0v) is 10.7. The van der Waals surface area contributed by atoms with Crippen LogP contribution in [0.2, 0.25) is 0 Å². The Morgan fingerprint density at radius 1 is 1.41 bits per heavy atom. The topological polar surface area (TPSA) is 79.0 Å². The van der Waals surface area contributed by atoms with Gasteiger partial charge in [-0.25, -0.2) is 0 Å². The summed E-state index contributed by atoms with van der Waals surface area (Å²) in [5.74, 6) is -0.408. The van der Waals surface area contributed by atoms with Gasteiger partial charge in [-0.15, -0.1) is 0 Å². The van der Waals surface area contributed by atoms with Crippen LogP contribution in [0.5, 0.6) is 0 Å². The number of rotatable bonds is 5. The summed E-state index contributed by atoms with van der Waals surface area (Å²) in [6.07, 6.45) is 0.646. The Labute approximate surface area is 107 Å². The molecule has 0 saturated carbocycles. The molecule has 2 unspecified atom stereocenters. The van der Waals surface area contributed by atoms with Crippen LogP contribution >= 0.6 is 15.9 Å². The first-order valence-electron chi connectivity index (χ1n) is 5.46. The number of halogens is 1. The van der Waals surface area contributed by atoms with E-state index in [0.717, 1.165) is 0 Å². The molecule has 3 amide bonds. The highest BCUT2D eigenvalue weighted by Crippen LogP contribution is 2.32. The van der Waals surface area contributed by atoms with Crippen LogP contribution in [0.3, 0.4) is 0 Å². The van der Waals surface area contributed by atoms with Crippen LogP contribution < -0.4 is 5.32 Å². The van der Waals surface area contributed by atoms with Crippen molar-refractivity contribution in [3.05, 3.63) is 0 Å². The summed E-state index contributed by atoms with van der Waals surface area (Å²) in [7, 11) is 0. The van der Waals surface area contributed by atoms with E-state index in [-0.39, 0.29) is 42.0 Å². The number of hydrogen-bond acceptors (Lipinski definition) is 4. The Morgan fingerprint density at radius 2 is 2.06 bits per heavy atom. The van der Waals surface area contributed by atoms with Gasteiger partial charge in [0.1, 0.15) is 6.10 Å². The standard InChI is InChI=1S/C10H13BrN2O4/c11-5-7(14)12-4-3-6-10(17-6)13-8(15)1-2-9(13)16/h6,10H,1-5H2,(H,12,14). The number of alkyl halides is 1. The minimum Gasteiger partial charge on any atom is -0.355 e. The van der Waals surface area contributed by atoms with Crippen molar-refractivity contribution in [3.8, 4) is 0 Å². The van der Waals surface area contributed by atoms with E-state index in [4.69, 9.17) is 4.74 Å². The first kappa shape index (κ1) is 12.5. The van der Waals surface area contributed by atoms with Crippen molar-refractivity contribution >= 4 is 33.7 Å². The number of carbonyl (C=O) groups is 3. The lowest BCUT2D eigenvalue weighted by atomic mass is 10.3. The number of carbonyl (C=O) groups excluding carboxylic acids is 3. The smallest absolute Gasteiger partial charge is 0.231 e. The predicted molar refractivity (Wildman–Crippen MR) is 61.2 cm³/mol. The number of nitrogens with one attached hydrogen (secondary N) is 1. The summed E-state index contributed by atoms with van der Waals surface area (Å²) >= 11 is 3.04. The van der Waals surface area contributed by atoms with Crippen molar-refractivity contribution in [2.45, 2.75) is 31.6 Å². The van der Waals surface area contributed by atoms with Crippen molar-refractivity contribution in [2.75, 3.05) is 11.9 Å². The van der Waals surface area contributed by atoms with Crippen LogP contribution in [-0.2, 0) is 19.1 Å². The molecule has 2 atom stereocenters. The summed E-state index contributed by atoms with van der Waals surface area (Å²) in [6.45, 7) is 0.488. The second-order valence-electron chi connectivity index (χ2n) is 3.99. The molecule has 94 valence electrons. The Bertz CT molecular complexity index is 344. The molecule has 2 saturated heterocycles. The Kier molecular flexibility index (Phi) is 3.78. The van der Waals surface area contributed by atoms with Crippen molar-refractivity contribution < 1.29 is 19.1 Å². The van der Waals surface area contributed by atoms with Crippen LogP contribution in [0.15, 0.2) is 0 Å². The van der Waals surface area contributed by atoms with E-state index >= 15 is 0 Å². The quantitative estimate of drug-likeness (QED) is 0.432. The number of hydrogen-bond donors (Lipinski definition) is 1. The molecule has 6 nitrogen and oxygen atoms in total. The fraction of sp³-hybridized carbons (Fsp3) is 0.700. The molecule has 2 heterocycles. The first-order chi connectivity index (χ1) is 8.13. The van der Waals surface area contributed by atoms with Crippen LogP contribution in [0.25, 0.3) is 0 Å². The van der Waals surface area contributed by atoms with Crippen molar-refractivity contribution in [1.82, 2.24) is 10.2 Å². The average Bonchev–Trinajstić information content (AvgIpc) is 2.98. The monoisotopic (exact) mass is 304 g/mol. The van der Waals surface area contributed by atoms with Gasteiger partial charge in [0.2, 0.25) is 17.7 Å². The maximum atomic E-state index is 11.4. The van der Waals surface area contributed by atoms with Crippen LogP contribution in [0, 0.1) is 0 Å². The van der Waals surface area contributed by atoms with Gasteiger partial charge in [-0.05, 0) is 6.42 Å². The lowest BCUT2D eigenvalue weighted by molar-refractivity contribution is -0.140. The number of imide groups is 1. The fourth-order valence-electron chi connectivity index (χ4n) is 1.85. The van der Waals surface area contributed by atoms with E-state index < -0.39 is 6.23 Å². The molecular weight excluding hydrogens is 292 g/mol. The largest absolute Gasteiger partial charge is 0.355 e. The molecule has 2 rings (SSSR count). The Hall–Kier alpha value is -0.950. The van der Waals surface area contributed by atoms with Gasteiger partial charge in [0, 0.05) is 19.4 Å². The van der Waals surface area contributed by atoms with Crippen molar-refractivity contribution in [2.24, 2.45) is 0 Å². The van der Waals surface area contributed by atoms with Gasteiger partial charge in [0.25, 0.3) is 0 Å². The summed E-state index contributed by atoms with van der Waals surface area (Å²) in [6, 6.07) is 0. The Balaban J connectivity index is 1.72. The minimum atomic E-state index is -0.404. The molecule has 0 aromatic rings. The zero-order valence-electron chi connectivity index (χ0n) is 9.15. The molecule has 1 N–H and O–H groups in total. The molecule has 2 aliphatic rings. The SMILES string of the molecule is O=C(CBr)NCCC1OC1N1C(=O)CCC1=O. The van der Waals surface area contributed by atoms with Crippen LogP contribution in [0.4, 0.5) is 0 Å². The van der Waals surface area contributed by atoms with Crippen molar-refractivity contribution in [1.29, 1.82) is 0 Å². The zero-order chi connectivity index (χ0) is 12.4. The van der Waals surface area contributed by atoms with Crippen LogP contribution in [0.1, 0.15) is 19.3 Å². The molecule has 0 aliphatic carbocycles. The highest BCUT2D eigenvalue weighted by Gasteiger charge is 2.49. The van der Waals surface area contributed by atoms with E-state index in [2.05, 4.69) is 21.2 Å². The molecule has 7 heteroatoms. The van der Waals surface area contributed by atoms with E-state index in [1.54, 1.807) is 0 Å². The first-order valence-corrected chi connectivity index (χ1v) is 6.58. The highest BCUT2D eigenvalue weighted by atomic mass is 79.9. The molecule has 17 heavy (non-hydrogen) atoms. The number of epoxide rings is 1. The summed E-state index contributed by atoms with van der Waals surface area (Å²) in [5, 5.41) is 2.95. The maximum Gasteiger partial charge on any atom is 0.231 e. The number of likely N-dealkylation sites (tertiary alicyclic amines) is 1. The van der Waals surface area contributed by atoms with Gasteiger partial charge in [-0.3, -0.25) is 19.3 Å². The Morgan fingerprint density at radius 3 is 2.65 bits per heavy atom. The van der Waals surface area contributed by atoms with Gasteiger partial charge < -0.3 is 10.1 Å².